The van der Waals surface area contributed by atoms with Crippen LogP contribution in [0.5, 0.6) is 0 Å². The molecule has 0 bridgehead atoms. The summed E-state index contributed by atoms with van der Waals surface area (Å²) in [5.74, 6) is -0.173. The SMILES string of the molecule is Cc1cc(C)cc(N2C(=O)C(C)NC(=O)C2C)c1. The fraction of sp³-hybridized carbons (Fsp3) is 0.429. The van der Waals surface area contributed by atoms with Gasteiger partial charge in [0, 0.05) is 5.69 Å². The molecule has 1 aliphatic heterocycles. The number of hydrogen-bond donors (Lipinski definition) is 1. The second-order valence-electron chi connectivity index (χ2n) is 4.96. The number of nitrogens with one attached hydrogen (secondary N) is 1. The molecular weight excluding hydrogens is 228 g/mol. The number of benzene rings is 1. The Balaban J connectivity index is 2.46. The average Bonchev–Trinajstić information content (AvgIpc) is 2.25. The first-order valence-corrected chi connectivity index (χ1v) is 6.12. The first-order chi connectivity index (χ1) is 8.40. The highest BCUT2D eigenvalue weighted by molar-refractivity contribution is 6.08. The van der Waals surface area contributed by atoms with Gasteiger partial charge in [-0.15, -0.1) is 0 Å². The highest BCUT2D eigenvalue weighted by Crippen LogP contribution is 2.24. The quantitative estimate of drug-likeness (QED) is 0.817. The van der Waals surface area contributed by atoms with Crippen molar-refractivity contribution in [1.29, 1.82) is 0 Å². The number of nitrogens with zero attached hydrogens (tertiary/aromatic N) is 1. The van der Waals surface area contributed by atoms with E-state index in [1.807, 2.05) is 32.0 Å². The molecule has 0 saturated carbocycles. The van der Waals surface area contributed by atoms with Gasteiger partial charge in [0.2, 0.25) is 11.8 Å². The van der Waals surface area contributed by atoms with Crippen LogP contribution in [0.15, 0.2) is 18.2 Å². The Hall–Kier alpha value is -1.84. The molecule has 2 amide bonds. The summed E-state index contributed by atoms with van der Waals surface area (Å²) in [6, 6.07) is 5.00. The molecule has 4 heteroatoms. The summed E-state index contributed by atoms with van der Waals surface area (Å²) in [6.07, 6.45) is 0. The summed E-state index contributed by atoms with van der Waals surface area (Å²) in [7, 11) is 0. The summed E-state index contributed by atoms with van der Waals surface area (Å²) in [5, 5.41) is 2.68. The monoisotopic (exact) mass is 246 g/mol. The van der Waals surface area contributed by atoms with Gasteiger partial charge in [-0.3, -0.25) is 14.5 Å². The van der Waals surface area contributed by atoms with E-state index >= 15 is 0 Å². The van der Waals surface area contributed by atoms with Crippen LogP contribution in [0.2, 0.25) is 0 Å². The van der Waals surface area contributed by atoms with E-state index in [0.29, 0.717) is 0 Å². The number of rotatable bonds is 1. The predicted octanol–water partition coefficient (Wildman–Crippen LogP) is 1.54. The molecule has 96 valence electrons. The van der Waals surface area contributed by atoms with Gasteiger partial charge in [0.15, 0.2) is 0 Å². The number of anilines is 1. The minimum absolute atomic E-state index is 0.0629. The standard InChI is InChI=1S/C14H18N2O2/c1-8-5-9(2)7-12(6-8)16-11(4)13(17)15-10(3)14(16)18/h5-7,10-11H,1-4H3,(H,15,17). The van der Waals surface area contributed by atoms with Crippen molar-refractivity contribution in [3.8, 4) is 0 Å². The van der Waals surface area contributed by atoms with Crippen LogP contribution in [0.1, 0.15) is 25.0 Å². The minimum atomic E-state index is -0.463. The van der Waals surface area contributed by atoms with E-state index in [0.717, 1.165) is 16.8 Å². The highest BCUT2D eigenvalue weighted by atomic mass is 16.2. The van der Waals surface area contributed by atoms with Gasteiger partial charge >= 0.3 is 0 Å². The lowest BCUT2D eigenvalue weighted by atomic mass is 10.1. The van der Waals surface area contributed by atoms with Gasteiger partial charge in [0.1, 0.15) is 12.1 Å². The molecular formula is C14H18N2O2. The molecule has 2 rings (SSSR count). The second kappa shape index (κ2) is 4.44. The van der Waals surface area contributed by atoms with E-state index in [1.54, 1.807) is 18.7 Å². The van der Waals surface area contributed by atoms with Gasteiger partial charge in [0.25, 0.3) is 0 Å². The third kappa shape index (κ3) is 2.10. The van der Waals surface area contributed by atoms with Crippen LogP contribution in [-0.2, 0) is 9.59 Å². The van der Waals surface area contributed by atoms with Crippen LogP contribution < -0.4 is 10.2 Å². The average molecular weight is 246 g/mol. The first-order valence-electron chi connectivity index (χ1n) is 6.12. The molecule has 0 radical (unpaired) electrons. The minimum Gasteiger partial charge on any atom is -0.343 e. The van der Waals surface area contributed by atoms with Gasteiger partial charge in [-0.2, -0.15) is 0 Å². The van der Waals surface area contributed by atoms with Crippen molar-refractivity contribution in [2.45, 2.75) is 39.8 Å². The number of piperazine rings is 1. The van der Waals surface area contributed by atoms with Crippen molar-refractivity contribution in [1.82, 2.24) is 5.32 Å². The lowest BCUT2D eigenvalue weighted by Crippen LogP contribution is -2.61. The zero-order valence-electron chi connectivity index (χ0n) is 11.2. The van der Waals surface area contributed by atoms with Crippen molar-refractivity contribution in [3.05, 3.63) is 29.3 Å². The Bertz CT molecular complexity index is 490. The zero-order valence-corrected chi connectivity index (χ0v) is 11.2. The summed E-state index contributed by atoms with van der Waals surface area (Å²) < 4.78 is 0. The normalized spacial score (nSPS) is 24.1. The van der Waals surface area contributed by atoms with Crippen molar-refractivity contribution in [3.63, 3.8) is 0 Å². The number of hydrogen-bond acceptors (Lipinski definition) is 2. The van der Waals surface area contributed by atoms with Crippen molar-refractivity contribution >= 4 is 17.5 Å². The highest BCUT2D eigenvalue weighted by Gasteiger charge is 2.36. The number of carbonyl (C=O) groups excluding carboxylic acids is 2. The fourth-order valence-electron chi connectivity index (χ4n) is 2.35. The van der Waals surface area contributed by atoms with Crippen LogP contribution in [0.4, 0.5) is 5.69 Å². The van der Waals surface area contributed by atoms with Crippen LogP contribution in [0.3, 0.4) is 0 Å². The van der Waals surface area contributed by atoms with Crippen LogP contribution in [0, 0.1) is 13.8 Å². The van der Waals surface area contributed by atoms with E-state index in [-0.39, 0.29) is 11.8 Å². The second-order valence-corrected chi connectivity index (χ2v) is 4.96. The van der Waals surface area contributed by atoms with Crippen LogP contribution >= 0.6 is 0 Å². The molecule has 1 N–H and O–H groups in total. The maximum absolute atomic E-state index is 12.2. The van der Waals surface area contributed by atoms with Crippen molar-refractivity contribution < 1.29 is 9.59 Å². The molecule has 0 aromatic heterocycles. The van der Waals surface area contributed by atoms with Gasteiger partial charge < -0.3 is 5.32 Å². The Morgan fingerprint density at radius 3 is 2.17 bits per heavy atom. The summed E-state index contributed by atoms with van der Waals surface area (Å²) in [5.41, 5.74) is 2.97. The Labute approximate surface area is 107 Å². The fourth-order valence-corrected chi connectivity index (χ4v) is 2.35. The number of carbonyl (C=O) groups is 2. The Kier molecular flexibility index (Phi) is 3.11. The molecule has 1 aliphatic rings. The summed E-state index contributed by atoms with van der Waals surface area (Å²) in [6.45, 7) is 7.43. The molecule has 1 heterocycles. The lowest BCUT2D eigenvalue weighted by Gasteiger charge is -2.36. The molecule has 2 atom stereocenters. The Morgan fingerprint density at radius 2 is 1.61 bits per heavy atom. The van der Waals surface area contributed by atoms with E-state index in [2.05, 4.69) is 5.32 Å². The van der Waals surface area contributed by atoms with Crippen molar-refractivity contribution in [2.75, 3.05) is 4.90 Å². The van der Waals surface area contributed by atoms with E-state index < -0.39 is 12.1 Å². The molecule has 1 fully saturated rings. The summed E-state index contributed by atoms with van der Waals surface area (Å²) >= 11 is 0. The molecule has 4 nitrogen and oxygen atoms in total. The molecule has 1 saturated heterocycles. The van der Waals surface area contributed by atoms with Gasteiger partial charge in [-0.25, -0.2) is 0 Å². The van der Waals surface area contributed by atoms with Crippen LogP contribution in [0.25, 0.3) is 0 Å². The van der Waals surface area contributed by atoms with Gasteiger partial charge in [-0.05, 0) is 51.0 Å². The smallest absolute Gasteiger partial charge is 0.250 e. The third-order valence-electron chi connectivity index (χ3n) is 3.22. The predicted molar refractivity (Wildman–Crippen MR) is 70.5 cm³/mol. The third-order valence-corrected chi connectivity index (χ3v) is 3.22. The topological polar surface area (TPSA) is 49.4 Å². The van der Waals surface area contributed by atoms with E-state index in [4.69, 9.17) is 0 Å². The van der Waals surface area contributed by atoms with E-state index in [9.17, 15) is 9.59 Å². The Morgan fingerprint density at radius 1 is 1.06 bits per heavy atom. The maximum Gasteiger partial charge on any atom is 0.250 e. The molecule has 1 aromatic carbocycles. The number of amides is 2. The zero-order chi connectivity index (χ0) is 13.4. The number of aryl methyl sites for hydroxylation is 2. The largest absolute Gasteiger partial charge is 0.343 e. The molecule has 0 spiro atoms. The first kappa shape index (κ1) is 12.6. The van der Waals surface area contributed by atoms with Crippen molar-refractivity contribution in [2.24, 2.45) is 0 Å². The molecule has 1 aromatic rings. The maximum atomic E-state index is 12.2. The molecule has 18 heavy (non-hydrogen) atoms. The summed E-state index contributed by atoms with van der Waals surface area (Å²) in [4.78, 5) is 25.6. The van der Waals surface area contributed by atoms with Gasteiger partial charge in [-0.1, -0.05) is 6.07 Å². The molecule has 0 aliphatic carbocycles. The molecule has 2 unspecified atom stereocenters. The van der Waals surface area contributed by atoms with Crippen LogP contribution in [-0.4, -0.2) is 23.9 Å². The lowest BCUT2D eigenvalue weighted by molar-refractivity contribution is -0.133. The van der Waals surface area contributed by atoms with Gasteiger partial charge in [0.05, 0.1) is 0 Å². The van der Waals surface area contributed by atoms with E-state index in [1.165, 1.54) is 0 Å².